The fraction of sp³-hybridized carbons (Fsp3) is 0.800. The number of hydrogen-bond acceptors (Lipinski definition) is 3. The highest BCUT2D eigenvalue weighted by Gasteiger charge is 2.51. The van der Waals surface area contributed by atoms with Gasteiger partial charge < -0.3 is 9.47 Å². The van der Waals surface area contributed by atoms with Crippen LogP contribution in [0.3, 0.4) is 0 Å². The third kappa shape index (κ3) is 3.21. The number of carbonyl (C=O) groups excluding carboxylic acids is 1. The smallest absolute Gasteiger partial charge is 0.165 e. The van der Waals surface area contributed by atoms with Gasteiger partial charge in [0.25, 0.3) is 0 Å². The summed E-state index contributed by atoms with van der Waals surface area (Å²) in [5.41, 5.74) is -0.649. The van der Waals surface area contributed by atoms with Crippen molar-refractivity contribution in [3.05, 3.63) is 12.2 Å². The Bertz CT molecular complexity index is 324. The molecular weight excluding hydrogens is 228 g/mol. The predicted molar refractivity (Wildman–Crippen MR) is 72.3 cm³/mol. The molecule has 0 aromatic heterocycles. The lowest BCUT2D eigenvalue weighted by Gasteiger charge is -2.30. The van der Waals surface area contributed by atoms with Gasteiger partial charge in [0.1, 0.15) is 0 Å². The van der Waals surface area contributed by atoms with E-state index in [0.717, 1.165) is 0 Å². The third-order valence-corrected chi connectivity index (χ3v) is 3.91. The van der Waals surface area contributed by atoms with Crippen molar-refractivity contribution in [2.75, 3.05) is 0 Å². The van der Waals surface area contributed by atoms with E-state index in [1.54, 1.807) is 13.0 Å². The Morgan fingerprint density at radius 1 is 1.11 bits per heavy atom. The fourth-order valence-electron chi connectivity index (χ4n) is 1.92. The summed E-state index contributed by atoms with van der Waals surface area (Å²) in [7, 11) is 0. The van der Waals surface area contributed by atoms with Gasteiger partial charge in [-0.15, -0.1) is 0 Å². The Balaban J connectivity index is 2.88. The average Bonchev–Trinajstić information content (AvgIpc) is 2.34. The zero-order chi connectivity index (χ0) is 14.1. The quantitative estimate of drug-likeness (QED) is 0.722. The van der Waals surface area contributed by atoms with Crippen molar-refractivity contribution in [1.29, 1.82) is 0 Å². The molecule has 0 amide bonds. The van der Waals surface area contributed by atoms with Crippen molar-refractivity contribution in [3.8, 4) is 0 Å². The molecule has 0 aliphatic carbocycles. The molecule has 1 aliphatic rings. The largest absolute Gasteiger partial charge is 0.343 e. The molecule has 0 aromatic carbocycles. The summed E-state index contributed by atoms with van der Waals surface area (Å²) in [5, 5.41) is 0. The first-order valence-electron chi connectivity index (χ1n) is 6.61. The second-order valence-corrected chi connectivity index (χ2v) is 6.42. The predicted octanol–water partition coefficient (Wildman–Crippen LogP) is 3.33. The molecule has 104 valence electrons. The van der Waals surface area contributed by atoms with E-state index in [2.05, 4.69) is 13.8 Å². The van der Waals surface area contributed by atoms with Crippen LogP contribution in [0.1, 0.15) is 48.5 Å². The van der Waals surface area contributed by atoms with Crippen LogP contribution in [0.2, 0.25) is 0 Å². The van der Waals surface area contributed by atoms with Gasteiger partial charge in [-0.3, -0.25) is 4.79 Å². The van der Waals surface area contributed by atoms with Gasteiger partial charge in [0.05, 0.1) is 11.2 Å². The van der Waals surface area contributed by atoms with Crippen molar-refractivity contribution in [1.82, 2.24) is 0 Å². The molecule has 3 heteroatoms. The van der Waals surface area contributed by atoms with Crippen LogP contribution in [-0.4, -0.2) is 23.3 Å². The van der Waals surface area contributed by atoms with Gasteiger partial charge >= 0.3 is 0 Å². The van der Waals surface area contributed by atoms with Gasteiger partial charge in [-0.05, 0) is 46.6 Å². The standard InChI is InChI=1S/C15H26O3/c1-10(2)12(9-8-11(3)16)13-17-14(4,5)15(6,7)18-13/h8-10,12-13H,1-7H3/b9-8+/t12-/m0/s1. The topological polar surface area (TPSA) is 35.5 Å². The van der Waals surface area contributed by atoms with E-state index < -0.39 is 0 Å². The van der Waals surface area contributed by atoms with Crippen molar-refractivity contribution < 1.29 is 14.3 Å². The molecule has 18 heavy (non-hydrogen) atoms. The number of rotatable bonds is 4. The minimum Gasteiger partial charge on any atom is -0.343 e. The monoisotopic (exact) mass is 254 g/mol. The van der Waals surface area contributed by atoms with Crippen LogP contribution in [0.15, 0.2) is 12.2 Å². The first-order valence-corrected chi connectivity index (χ1v) is 6.61. The molecule has 1 saturated heterocycles. The Labute approximate surface area is 111 Å². The summed E-state index contributed by atoms with van der Waals surface area (Å²) in [4.78, 5) is 11.1. The van der Waals surface area contributed by atoms with E-state index in [9.17, 15) is 4.79 Å². The maximum atomic E-state index is 11.1. The molecule has 1 heterocycles. The third-order valence-electron chi connectivity index (χ3n) is 3.91. The number of allylic oxidation sites excluding steroid dienone is 1. The summed E-state index contributed by atoms with van der Waals surface area (Å²) < 4.78 is 12.1. The summed E-state index contributed by atoms with van der Waals surface area (Å²) in [5.74, 6) is 0.502. The molecule has 1 rings (SSSR count). The molecule has 0 saturated carbocycles. The number of carbonyl (C=O) groups is 1. The molecule has 3 nitrogen and oxygen atoms in total. The normalized spacial score (nSPS) is 24.9. The van der Waals surface area contributed by atoms with E-state index in [0.29, 0.717) is 5.92 Å². The first-order chi connectivity index (χ1) is 8.07. The number of ether oxygens (including phenoxy) is 2. The minimum absolute atomic E-state index is 0.0529. The van der Waals surface area contributed by atoms with Gasteiger partial charge in [-0.2, -0.15) is 0 Å². The highest BCUT2D eigenvalue weighted by Crippen LogP contribution is 2.42. The first kappa shape index (κ1) is 15.4. The van der Waals surface area contributed by atoms with Crippen LogP contribution < -0.4 is 0 Å². The van der Waals surface area contributed by atoms with Crippen molar-refractivity contribution in [2.24, 2.45) is 11.8 Å². The van der Waals surface area contributed by atoms with E-state index >= 15 is 0 Å². The van der Waals surface area contributed by atoms with Crippen molar-refractivity contribution in [2.45, 2.75) is 66.0 Å². The van der Waals surface area contributed by atoms with Crippen LogP contribution in [0.5, 0.6) is 0 Å². The van der Waals surface area contributed by atoms with Gasteiger partial charge in [0, 0.05) is 5.92 Å². The molecule has 0 bridgehead atoms. The Morgan fingerprint density at radius 2 is 1.56 bits per heavy atom. The van der Waals surface area contributed by atoms with Crippen LogP contribution >= 0.6 is 0 Å². The van der Waals surface area contributed by atoms with Gasteiger partial charge in [-0.1, -0.05) is 19.9 Å². The molecule has 0 aromatic rings. The second kappa shape index (κ2) is 5.14. The minimum atomic E-state index is -0.325. The van der Waals surface area contributed by atoms with Gasteiger partial charge in [0.15, 0.2) is 12.1 Å². The van der Waals surface area contributed by atoms with E-state index in [1.807, 2.05) is 33.8 Å². The average molecular weight is 254 g/mol. The summed E-state index contributed by atoms with van der Waals surface area (Å²) in [6.45, 7) is 13.9. The lowest BCUT2D eigenvalue weighted by Crippen LogP contribution is -2.41. The van der Waals surface area contributed by atoms with Crippen LogP contribution in [0.25, 0.3) is 0 Å². The van der Waals surface area contributed by atoms with Crippen LogP contribution in [0, 0.1) is 11.8 Å². The lowest BCUT2D eigenvalue weighted by atomic mass is 9.90. The Kier molecular flexibility index (Phi) is 4.39. The molecular formula is C15H26O3. The molecule has 0 radical (unpaired) electrons. The number of hydrogen-bond donors (Lipinski definition) is 0. The molecule has 1 atom stereocenters. The number of ketones is 1. The highest BCUT2D eigenvalue weighted by atomic mass is 16.7. The van der Waals surface area contributed by atoms with Crippen molar-refractivity contribution in [3.63, 3.8) is 0 Å². The van der Waals surface area contributed by atoms with E-state index in [4.69, 9.17) is 9.47 Å². The van der Waals surface area contributed by atoms with E-state index in [-0.39, 0.29) is 29.2 Å². The van der Waals surface area contributed by atoms with Crippen LogP contribution in [-0.2, 0) is 14.3 Å². The Morgan fingerprint density at radius 3 is 1.89 bits per heavy atom. The molecule has 0 N–H and O–H groups in total. The molecule has 1 aliphatic heterocycles. The van der Waals surface area contributed by atoms with Crippen molar-refractivity contribution >= 4 is 5.78 Å². The van der Waals surface area contributed by atoms with Gasteiger partial charge in [0.2, 0.25) is 0 Å². The summed E-state index contributed by atoms with van der Waals surface area (Å²) in [6.07, 6.45) is 3.23. The zero-order valence-electron chi connectivity index (χ0n) is 12.6. The van der Waals surface area contributed by atoms with Crippen LogP contribution in [0.4, 0.5) is 0 Å². The molecule has 1 fully saturated rings. The highest BCUT2D eigenvalue weighted by molar-refractivity contribution is 5.87. The second-order valence-electron chi connectivity index (χ2n) is 6.42. The summed E-state index contributed by atoms with van der Waals surface area (Å²) in [6, 6.07) is 0. The zero-order valence-corrected chi connectivity index (χ0v) is 12.6. The molecule has 0 spiro atoms. The Hall–Kier alpha value is -0.670. The summed E-state index contributed by atoms with van der Waals surface area (Å²) >= 11 is 0. The SMILES string of the molecule is CC(=O)/C=C/[C@@H](C(C)C)C1OC(C)(C)C(C)(C)O1. The fourth-order valence-corrected chi connectivity index (χ4v) is 1.92. The lowest BCUT2D eigenvalue weighted by molar-refractivity contribution is -0.120. The maximum Gasteiger partial charge on any atom is 0.165 e. The maximum absolute atomic E-state index is 11.1. The van der Waals surface area contributed by atoms with E-state index in [1.165, 1.54) is 0 Å². The van der Waals surface area contributed by atoms with Gasteiger partial charge in [-0.25, -0.2) is 0 Å². The molecule has 0 unspecified atom stereocenters.